The van der Waals surface area contributed by atoms with Crippen molar-refractivity contribution in [1.29, 1.82) is 0 Å². The van der Waals surface area contributed by atoms with Crippen LogP contribution >= 0.6 is 0 Å². The molecule has 1 nitrogen and oxygen atoms in total. The number of fused-ring (bicyclic) bond motifs is 6. The molecule has 0 spiro atoms. The van der Waals surface area contributed by atoms with E-state index in [0.29, 0.717) is 0 Å². The quantitative estimate of drug-likeness (QED) is 0.178. The van der Waals surface area contributed by atoms with E-state index >= 15 is 0 Å². The Labute approximate surface area is 284 Å². The van der Waals surface area contributed by atoms with E-state index in [4.69, 9.17) is 4.42 Å². The molecule has 0 aliphatic carbocycles. The minimum absolute atomic E-state index is 0.914. The van der Waals surface area contributed by atoms with Crippen LogP contribution in [0.2, 0.25) is 0 Å². The van der Waals surface area contributed by atoms with Gasteiger partial charge < -0.3 is 4.42 Å². The van der Waals surface area contributed by atoms with Gasteiger partial charge in [0.1, 0.15) is 11.2 Å². The molecule has 0 radical (unpaired) electrons. The fourth-order valence-electron chi connectivity index (χ4n) is 7.86. The molecule has 10 rings (SSSR count). The molecule has 1 heterocycles. The van der Waals surface area contributed by atoms with Crippen LogP contribution in [0.15, 0.2) is 186 Å². The predicted octanol–water partition coefficient (Wildman–Crippen LogP) is 13.7. The largest absolute Gasteiger partial charge is 0.455 e. The zero-order valence-corrected chi connectivity index (χ0v) is 26.7. The van der Waals surface area contributed by atoms with Gasteiger partial charge in [-0.15, -0.1) is 0 Å². The number of furan rings is 1. The van der Waals surface area contributed by atoms with Crippen molar-refractivity contribution < 1.29 is 4.42 Å². The Bertz CT molecular complexity index is 2830. The van der Waals surface area contributed by atoms with Crippen molar-refractivity contribution >= 4 is 54.3 Å². The van der Waals surface area contributed by atoms with Crippen molar-refractivity contribution in [3.8, 4) is 44.5 Å². The Hall–Kier alpha value is -6.44. The van der Waals surface area contributed by atoms with E-state index in [9.17, 15) is 0 Å². The SMILES string of the molecule is c1cc(-c2c3ccccc3c(-c3ccccc3-c3ccc4ccccc4c3)c3ccccc23)cc(-c2cccc3c2oc2ccccc23)c1. The summed E-state index contributed by atoms with van der Waals surface area (Å²) in [4.78, 5) is 0. The molecule has 0 N–H and O–H groups in total. The summed E-state index contributed by atoms with van der Waals surface area (Å²) in [5.41, 5.74) is 11.5. The van der Waals surface area contributed by atoms with E-state index in [1.807, 2.05) is 12.1 Å². The van der Waals surface area contributed by atoms with Crippen LogP contribution in [0.4, 0.5) is 0 Å². The van der Waals surface area contributed by atoms with Crippen LogP contribution in [0, 0.1) is 0 Å². The van der Waals surface area contributed by atoms with Crippen LogP contribution in [0.25, 0.3) is 98.8 Å². The van der Waals surface area contributed by atoms with Gasteiger partial charge in [0.15, 0.2) is 0 Å². The van der Waals surface area contributed by atoms with Crippen molar-refractivity contribution in [2.75, 3.05) is 0 Å². The molecule has 0 aliphatic heterocycles. The van der Waals surface area contributed by atoms with E-state index in [-0.39, 0.29) is 0 Å². The first kappa shape index (κ1) is 27.7. The monoisotopic (exact) mass is 622 g/mol. The van der Waals surface area contributed by atoms with Crippen LogP contribution in [0.5, 0.6) is 0 Å². The molecule has 228 valence electrons. The maximum Gasteiger partial charge on any atom is 0.143 e. The molecule has 0 unspecified atom stereocenters. The summed E-state index contributed by atoms with van der Waals surface area (Å²) < 4.78 is 6.46. The third kappa shape index (κ3) is 4.40. The summed E-state index contributed by atoms with van der Waals surface area (Å²) in [7, 11) is 0. The highest BCUT2D eigenvalue weighted by molar-refractivity contribution is 6.22. The molecule has 0 atom stereocenters. The van der Waals surface area contributed by atoms with Gasteiger partial charge >= 0.3 is 0 Å². The van der Waals surface area contributed by atoms with E-state index in [2.05, 4.69) is 170 Å². The smallest absolute Gasteiger partial charge is 0.143 e. The van der Waals surface area contributed by atoms with E-state index in [1.165, 1.54) is 65.7 Å². The van der Waals surface area contributed by atoms with E-state index < -0.39 is 0 Å². The molecular formula is C48H30O. The second kappa shape index (κ2) is 11.1. The number of hydrogen-bond donors (Lipinski definition) is 0. The summed E-state index contributed by atoms with van der Waals surface area (Å²) in [6.07, 6.45) is 0. The number of benzene rings is 9. The number of para-hydroxylation sites is 2. The van der Waals surface area contributed by atoms with Gasteiger partial charge in [0.25, 0.3) is 0 Å². The minimum atomic E-state index is 0.914. The molecule has 0 amide bonds. The highest BCUT2D eigenvalue weighted by atomic mass is 16.3. The van der Waals surface area contributed by atoms with Crippen molar-refractivity contribution in [3.05, 3.63) is 182 Å². The molecule has 9 aromatic carbocycles. The van der Waals surface area contributed by atoms with Gasteiger partial charge in [0.2, 0.25) is 0 Å². The van der Waals surface area contributed by atoms with Gasteiger partial charge in [-0.05, 0) is 89.5 Å². The summed E-state index contributed by atoms with van der Waals surface area (Å²) in [6.45, 7) is 0. The fraction of sp³-hybridized carbons (Fsp3) is 0. The van der Waals surface area contributed by atoms with Crippen LogP contribution in [-0.2, 0) is 0 Å². The fourth-order valence-corrected chi connectivity index (χ4v) is 7.86. The highest BCUT2D eigenvalue weighted by Crippen LogP contribution is 2.47. The van der Waals surface area contributed by atoms with E-state index in [1.54, 1.807) is 0 Å². The third-order valence-electron chi connectivity index (χ3n) is 10.1. The standard InChI is InChI=1S/C48H30O/c1-2-14-32-29-34(28-27-31(32)13-1)36-17-3-4-19-39(36)47-42-22-7-5-20-40(42)46(41-21-6-8-23-43(41)47)35-16-11-15-33(30-35)37-24-12-25-44-38-18-9-10-26-45(38)49-48(37)44/h1-30H. The Morgan fingerprint density at radius 3 is 1.59 bits per heavy atom. The molecule has 49 heavy (non-hydrogen) atoms. The second-order valence-corrected chi connectivity index (χ2v) is 12.8. The lowest BCUT2D eigenvalue weighted by Gasteiger charge is -2.20. The molecule has 10 aromatic rings. The number of rotatable bonds is 4. The molecule has 0 aliphatic rings. The maximum atomic E-state index is 6.46. The summed E-state index contributed by atoms with van der Waals surface area (Å²) in [6, 6.07) is 65.8. The van der Waals surface area contributed by atoms with Gasteiger partial charge in [-0.25, -0.2) is 0 Å². The Morgan fingerprint density at radius 1 is 0.286 bits per heavy atom. The first-order valence-electron chi connectivity index (χ1n) is 16.8. The molecule has 0 saturated carbocycles. The molecule has 0 saturated heterocycles. The van der Waals surface area contributed by atoms with Crippen LogP contribution in [0.1, 0.15) is 0 Å². The van der Waals surface area contributed by atoms with Crippen LogP contribution in [-0.4, -0.2) is 0 Å². The molecule has 1 heteroatoms. The zero-order valence-electron chi connectivity index (χ0n) is 26.7. The van der Waals surface area contributed by atoms with Gasteiger partial charge in [-0.1, -0.05) is 164 Å². The topological polar surface area (TPSA) is 13.1 Å². The second-order valence-electron chi connectivity index (χ2n) is 12.8. The molecule has 1 aromatic heterocycles. The van der Waals surface area contributed by atoms with Gasteiger partial charge in [0.05, 0.1) is 0 Å². The Morgan fingerprint density at radius 2 is 0.816 bits per heavy atom. The van der Waals surface area contributed by atoms with Gasteiger partial charge in [0, 0.05) is 16.3 Å². The molecule has 0 fully saturated rings. The summed E-state index contributed by atoms with van der Waals surface area (Å²) in [5.74, 6) is 0. The lowest BCUT2D eigenvalue weighted by Crippen LogP contribution is -1.93. The normalized spacial score (nSPS) is 11.7. The first-order valence-corrected chi connectivity index (χ1v) is 16.8. The van der Waals surface area contributed by atoms with Crippen molar-refractivity contribution in [2.24, 2.45) is 0 Å². The Balaban J connectivity index is 1.22. The predicted molar refractivity (Wildman–Crippen MR) is 208 cm³/mol. The highest BCUT2D eigenvalue weighted by Gasteiger charge is 2.20. The molecular weight excluding hydrogens is 593 g/mol. The minimum Gasteiger partial charge on any atom is -0.455 e. The Kier molecular flexibility index (Phi) is 6.25. The van der Waals surface area contributed by atoms with Gasteiger partial charge in [-0.3, -0.25) is 0 Å². The van der Waals surface area contributed by atoms with Crippen molar-refractivity contribution in [2.45, 2.75) is 0 Å². The van der Waals surface area contributed by atoms with Crippen molar-refractivity contribution in [1.82, 2.24) is 0 Å². The average molecular weight is 623 g/mol. The summed E-state index contributed by atoms with van der Waals surface area (Å²) >= 11 is 0. The lowest BCUT2D eigenvalue weighted by atomic mass is 9.83. The lowest BCUT2D eigenvalue weighted by molar-refractivity contribution is 0.670. The van der Waals surface area contributed by atoms with Crippen molar-refractivity contribution in [3.63, 3.8) is 0 Å². The maximum absolute atomic E-state index is 6.46. The molecule has 0 bridgehead atoms. The first-order chi connectivity index (χ1) is 24.3. The third-order valence-corrected chi connectivity index (χ3v) is 10.1. The van der Waals surface area contributed by atoms with E-state index in [0.717, 1.165) is 33.1 Å². The van der Waals surface area contributed by atoms with Crippen LogP contribution < -0.4 is 0 Å². The zero-order chi connectivity index (χ0) is 32.3. The van der Waals surface area contributed by atoms with Gasteiger partial charge in [-0.2, -0.15) is 0 Å². The van der Waals surface area contributed by atoms with Crippen LogP contribution in [0.3, 0.4) is 0 Å². The summed E-state index contributed by atoms with van der Waals surface area (Å²) in [5, 5.41) is 9.76. The number of hydrogen-bond acceptors (Lipinski definition) is 1. The average Bonchev–Trinajstić information content (AvgIpc) is 3.56.